The van der Waals surface area contributed by atoms with Crippen molar-refractivity contribution in [1.29, 1.82) is 0 Å². The SMILES string of the molecule is CCOC(=O)Cc1cc(OC)c(OC)cc1/C(Cl)=C(\C=O)c1ccc(OC)c(OC)c1. The zero-order chi connectivity index (χ0) is 23.0. The Morgan fingerprint density at radius 3 is 2.03 bits per heavy atom. The van der Waals surface area contributed by atoms with Gasteiger partial charge in [-0.05, 0) is 42.3 Å². The Morgan fingerprint density at radius 1 is 0.903 bits per heavy atom. The van der Waals surface area contributed by atoms with Crippen LogP contribution in [0.3, 0.4) is 0 Å². The second kappa shape index (κ2) is 11.3. The molecule has 0 radical (unpaired) electrons. The maximum absolute atomic E-state index is 12.2. The van der Waals surface area contributed by atoms with Crippen LogP contribution in [0.5, 0.6) is 23.0 Å². The summed E-state index contributed by atoms with van der Waals surface area (Å²) in [6.45, 7) is 1.97. The summed E-state index contributed by atoms with van der Waals surface area (Å²) in [5.41, 5.74) is 1.71. The molecule has 0 heterocycles. The lowest BCUT2D eigenvalue weighted by atomic mass is 9.97. The number of carbonyl (C=O) groups excluding carboxylic acids is 2. The summed E-state index contributed by atoms with van der Waals surface area (Å²) in [6, 6.07) is 8.29. The van der Waals surface area contributed by atoms with Gasteiger partial charge in [-0.2, -0.15) is 0 Å². The third kappa shape index (κ3) is 5.49. The van der Waals surface area contributed by atoms with E-state index < -0.39 is 5.97 Å². The minimum atomic E-state index is -0.431. The normalized spacial score (nSPS) is 11.3. The lowest BCUT2D eigenvalue weighted by molar-refractivity contribution is -0.142. The van der Waals surface area contributed by atoms with Crippen molar-refractivity contribution < 1.29 is 33.3 Å². The number of allylic oxidation sites excluding steroid dienone is 1. The molecular weight excluding hydrogens is 424 g/mol. The van der Waals surface area contributed by atoms with Gasteiger partial charge in [-0.15, -0.1) is 0 Å². The number of hydrogen-bond acceptors (Lipinski definition) is 7. The van der Waals surface area contributed by atoms with Gasteiger partial charge in [-0.1, -0.05) is 17.7 Å². The van der Waals surface area contributed by atoms with Gasteiger partial charge in [0.15, 0.2) is 29.3 Å². The van der Waals surface area contributed by atoms with Crippen LogP contribution in [0.1, 0.15) is 23.6 Å². The molecule has 2 aromatic carbocycles. The van der Waals surface area contributed by atoms with Crippen molar-refractivity contribution in [2.45, 2.75) is 13.3 Å². The Balaban J connectivity index is 2.70. The van der Waals surface area contributed by atoms with Crippen LogP contribution in [-0.4, -0.2) is 47.3 Å². The Hall–Kier alpha value is -3.19. The van der Waals surface area contributed by atoms with E-state index in [-0.39, 0.29) is 23.6 Å². The average Bonchev–Trinajstić information content (AvgIpc) is 2.78. The van der Waals surface area contributed by atoms with E-state index in [0.29, 0.717) is 46.0 Å². The molecule has 0 saturated carbocycles. The van der Waals surface area contributed by atoms with Crippen LogP contribution in [-0.2, 0) is 20.7 Å². The van der Waals surface area contributed by atoms with Crippen LogP contribution >= 0.6 is 11.6 Å². The van der Waals surface area contributed by atoms with Crippen LogP contribution in [0.25, 0.3) is 10.6 Å². The maximum Gasteiger partial charge on any atom is 0.310 e. The first-order valence-electron chi connectivity index (χ1n) is 9.42. The molecule has 0 spiro atoms. The van der Waals surface area contributed by atoms with Crippen molar-refractivity contribution in [3.8, 4) is 23.0 Å². The van der Waals surface area contributed by atoms with E-state index >= 15 is 0 Å². The predicted octanol–water partition coefficient (Wildman–Crippen LogP) is 4.13. The summed E-state index contributed by atoms with van der Waals surface area (Å²) >= 11 is 6.69. The molecule has 0 atom stereocenters. The zero-order valence-corrected chi connectivity index (χ0v) is 18.9. The third-order valence-corrected chi connectivity index (χ3v) is 4.94. The van der Waals surface area contributed by atoms with Gasteiger partial charge in [0.2, 0.25) is 0 Å². The van der Waals surface area contributed by atoms with Crippen LogP contribution in [0.2, 0.25) is 0 Å². The summed E-state index contributed by atoms with van der Waals surface area (Å²) in [6.07, 6.45) is 0.590. The molecule has 0 aliphatic heterocycles. The van der Waals surface area contributed by atoms with E-state index in [1.165, 1.54) is 28.4 Å². The number of rotatable bonds is 10. The van der Waals surface area contributed by atoms with E-state index in [1.807, 2.05) is 0 Å². The van der Waals surface area contributed by atoms with Crippen LogP contribution in [0.15, 0.2) is 30.3 Å². The van der Waals surface area contributed by atoms with Crippen molar-refractivity contribution >= 4 is 34.5 Å². The van der Waals surface area contributed by atoms with E-state index in [4.69, 9.17) is 35.3 Å². The fourth-order valence-corrected chi connectivity index (χ4v) is 3.36. The summed E-state index contributed by atoms with van der Waals surface area (Å²) < 4.78 is 26.4. The topological polar surface area (TPSA) is 80.3 Å². The highest BCUT2D eigenvalue weighted by atomic mass is 35.5. The van der Waals surface area contributed by atoms with E-state index in [9.17, 15) is 9.59 Å². The highest BCUT2D eigenvalue weighted by molar-refractivity contribution is 6.56. The molecule has 8 heteroatoms. The maximum atomic E-state index is 12.2. The Morgan fingerprint density at radius 2 is 1.48 bits per heavy atom. The van der Waals surface area contributed by atoms with Gasteiger partial charge < -0.3 is 23.7 Å². The number of esters is 1. The highest BCUT2D eigenvalue weighted by Crippen LogP contribution is 2.39. The highest BCUT2D eigenvalue weighted by Gasteiger charge is 2.20. The average molecular weight is 449 g/mol. The lowest BCUT2D eigenvalue weighted by Gasteiger charge is -2.16. The van der Waals surface area contributed by atoms with Gasteiger partial charge in [-0.3, -0.25) is 9.59 Å². The van der Waals surface area contributed by atoms with Gasteiger partial charge in [-0.25, -0.2) is 0 Å². The molecule has 0 unspecified atom stereocenters. The van der Waals surface area contributed by atoms with E-state index in [2.05, 4.69) is 0 Å². The van der Waals surface area contributed by atoms with Gasteiger partial charge in [0, 0.05) is 11.1 Å². The van der Waals surface area contributed by atoms with Crippen molar-refractivity contribution in [1.82, 2.24) is 0 Å². The van der Waals surface area contributed by atoms with Gasteiger partial charge in [0.1, 0.15) is 0 Å². The fourth-order valence-electron chi connectivity index (χ4n) is 3.03. The molecule has 31 heavy (non-hydrogen) atoms. The first kappa shape index (κ1) is 24.1. The molecule has 0 aliphatic carbocycles. The molecule has 2 aromatic rings. The van der Waals surface area contributed by atoms with Crippen molar-refractivity contribution in [2.75, 3.05) is 35.0 Å². The van der Waals surface area contributed by atoms with Crippen LogP contribution < -0.4 is 18.9 Å². The molecule has 0 bridgehead atoms. The predicted molar refractivity (Wildman–Crippen MR) is 118 cm³/mol. The Labute approximate surface area is 186 Å². The largest absolute Gasteiger partial charge is 0.493 e. The summed E-state index contributed by atoms with van der Waals surface area (Å²) in [5.74, 6) is 1.36. The number of halogens is 1. The minimum absolute atomic E-state index is 0.0577. The molecule has 7 nitrogen and oxygen atoms in total. The first-order chi connectivity index (χ1) is 14.9. The molecule has 2 rings (SSSR count). The molecule has 0 fully saturated rings. The monoisotopic (exact) mass is 448 g/mol. The van der Waals surface area contributed by atoms with Crippen molar-refractivity contribution in [2.24, 2.45) is 0 Å². The molecule has 0 saturated heterocycles. The summed E-state index contributed by atoms with van der Waals surface area (Å²) in [4.78, 5) is 24.2. The number of hydrogen-bond donors (Lipinski definition) is 0. The molecular formula is C23H25ClO7. The summed E-state index contributed by atoms with van der Waals surface area (Å²) in [5, 5.41) is 0.141. The Kier molecular flexibility index (Phi) is 8.75. The number of aldehydes is 1. The molecule has 0 aromatic heterocycles. The number of methoxy groups -OCH3 is 4. The lowest BCUT2D eigenvalue weighted by Crippen LogP contribution is -2.10. The van der Waals surface area contributed by atoms with Gasteiger partial charge >= 0.3 is 5.97 Å². The fraction of sp³-hybridized carbons (Fsp3) is 0.304. The Bertz CT molecular complexity index is 982. The van der Waals surface area contributed by atoms with Crippen LogP contribution in [0.4, 0.5) is 0 Å². The van der Waals surface area contributed by atoms with Crippen molar-refractivity contribution in [3.05, 3.63) is 47.0 Å². The second-order valence-corrected chi connectivity index (χ2v) is 6.64. The molecule has 166 valence electrons. The molecule has 0 N–H and O–H groups in total. The minimum Gasteiger partial charge on any atom is -0.493 e. The number of benzene rings is 2. The van der Waals surface area contributed by atoms with E-state index in [1.54, 1.807) is 37.3 Å². The summed E-state index contributed by atoms with van der Waals surface area (Å²) in [7, 11) is 5.99. The third-order valence-electron chi connectivity index (χ3n) is 4.53. The van der Waals surface area contributed by atoms with Gasteiger partial charge in [0.25, 0.3) is 0 Å². The second-order valence-electron chi connectivity index (χ2n) is 6.26. The van der Waals surface area contributed by atoms with E-state index in [0.717, 1.165) is 0 Å². The number of ether oxygens (including phenoxy) is 5. The number of carbonyl (C=O) groups is 2. The molecule has 0 amide bonds. The van der Waals surface area contributed by atoms with Gasteiger partial charge in [0.05, 0.1) is 46.5 Å². The smallest absolute Gasteiger partial charge is 0.310 e. The van der Waals surface area contributed by atoms with Crippen LogP contribution in [0, 0.1) is 0 Å². The molecule has 0 aliphatic rings. The quantitative estimate of drug-likeness (QED) is 0.234. The van der Waals surface area contributed by atoms with Crippen molar-refractivity contribution in [3.63, 3.8) is 0 Å². The zero-order valence-electron chi connectivity index (χ0n) is 18.1. The first-order valence-corrected chi connectivity index (χ1v) is 9.79. The standard InChI is InChI=1S/C23H25ClO7/c1-6-31-22(26)11-15-10-20(29-4)21(30-5)12-16(15)23(24)17(13-25)14-7-8-18(27-2)19(9-14)28-3/h7-10,12-13H,6,11H2,1-5H3/b23-17-.